The molecule has 0 atom stereocenters. The molecule has 3 nitrogen and oxygen atoms in total. The number of aromatic hydroxyl groups is 2. The molecule has 0 amide bonds. The Morgan fingerprint density at radius 1 is 1.36 bits per heavy atom. The van der Waals surface area contributed by atoms with Gasteiger partial charge in [0.15, 0.2) is 5.88 Å². The third kappa shape index (κ3) is 0.888. The molecule has 11 heavy (non-hydrogen) atoms. The zero-order chi connectivity index (χ0) is 8.59. The maximum Gasteiger partial charge on any atom is 0.201 e. The SMILES string of the molecule is C=Cc1c(C)c(O)n(C)c1O. The molecule has 0 aliphatic heterocycles. The largest absolute Gasteiger partial charge is 0.494 e. The molecule has 0 fully saturated rings. The van der Waals surface area contributed by atoms with Crippen molar-refractivity contribution < 1.29 is 10.2 Å². The average Bonchev–Trinajstić information content (AvgIpc) is 2.17. The fourth-order valence-corrected chi connectivity index (χ4v) is 1.07. The standard InChI is InChI=1S/C8H11NO2/c1-4-6-5(2)7(10)9(3)8(6)11/h4,10-11H,1H2,2-3H3. The molecule has 0 spiro atoms. The molecule has 60 valence electrons. The van der Waals surface area contributed by atoms with Crippen LogP contribution in [0.4, 0.5) is 0 Å². The molecule has 0 saturated heterocycles. The van der Waals surface area contributed by atoms with Crippen molar-refractivity contribution in [1.82, 2.24) is 4.57 Å². The molecule has 0 aliphatic carbocycles. The summed E-state index contributed by atoms with van der Waals surface area (Å²) in [5, 5.41) is 18.6. The maximum atomic E-state index is 9.33. The van der Waals surface area contributed by atoms with E-state index >= 15 is 0 Å². The summed E-state index contributed by atoms with van der Waals surface area (Å²) in [4.78, 5) is 0. The summed E-state index contributed by atoms with van der Waals surface area (Å²) in [5.41, 5.74) is 1.24. The summed E-state index contributed by atoms with van der Waals surface area (Å²) in [6, 6.07) is 0. The van der Waals surface area contributed by atoms with Gasteiger partial charge >= 0.3 is 0 Å². The van der Waals surface area contributed by atoms with E-state index in [4.69, 9.17) is 0 Å². The average molecular weight is 153 g/mol. The van der Waals surface area contributed by atoms with E-state index in [2.05, 4.69) is 6.58 Å². The van der Waals surface area contributed by atoms with E-state index in [1.807, 2.05) is 0 Å². The second kappa shape index (κ2) is 2.34. The molecule has 0 aliphatic rings. The number of rotatable bonds is 1. The molecule has 1 heterocycles. The van der Waals surface area contributed by atoms with Crippen LogP contribution in [0.3, 0.4) is 0 Å². The molecule has 1 aromatic heterocycles. The first-order valence-electron chi connectivity index (χ1n) is 3.29. The van der Waals surface area contributed by atoms with E-state index < -0.39 is 0 Å². The van der Waals surface area contributed by atoms with Crippen LogP contribution in [-0.4, -0.2) is 14.8 Å². The minimum Gasteiger partial charge on any atom is -0.494 e. The van der Waals surface area contributed by atoms with Gasteiger partial charge in [0.25, 0.3) is 0 Å². The molecule has 2 N–H and O–H groups in total. The number of hydrogen-bond acceptors (Lipinski definition) is 2. The van der Waals surface area contributed by atoms with E-state index in [1.165, 1.54) is 10.6 Å². The Morgan fingerprint density at radius 2 is 1.91 bits per heavy atom. The fourth-order valence-electron chi connectivity index (χ4n) is 1.07. The lowest BCUT2D eigenvalue weighted by Crippen LogP contribution is -1.84. The van der Waals surface area contributed by atoms with Gasteiger partial charge in [-0.15, -0.1) is 0 Å². The Kier molecular flexibility index (Phi) is 1.64. The predicted molar refractivity (Wildman–Crippen MR) is 43.6 cm³/mol. The Labute approximate surface area is 65.2 Å². The first-order valence-corrected chi connectivity index (χ1v) is 3.29. The van der Waals surface area contributed by atoms with Gasteiger partial charge in [-0.2, -0.15) is 0 Å². The van der Waals surface area contributed by atoms with Crippen LogP contribution in [0.15, 0.2) is 6.58 Å². The summed E-state index contributed by atoms with van der Waals surface area (Å²) in [6.07, 6.45) is 1.52. The smallest absolute Gasteiger partial charge is 0.201 e. The minimum atomic E-state index is 0.0509. The van der Waals surface area contributed by atoms with Crippen LogP contribution in [0.2, 0.25) is 0 Å². The summed E-state index contributed by atoms with van der Waals surface area (Å²) < 4.78 is 1.31. The quantitative estimate of drug-likeness (QED) is 0.640. The molecular formula is C8H11NO2. The van der Waals surface area contributed by atoms with Gasteiger partial charge in [-0.3, -0.25) is 4.57 Å². The third-order valence-corrected chi connectivity index (χ3v) is 1.82. The van der Waals surface area contributed by atoms with Crippen molar-refractivity contribution in [3.63, 3.8) is 0 Å². The molecule has 0 aromatic carbocycles. The Bertz CT molecular complexity index is 274. The van der Waals surface area contributed by atoms with Crippen LogP contribution in [0.25, 0.3) is 6.08 Å². The highest BCUT2D eigenvalue weighted by atomic mass is 16.3. The number of nitrogens with zero attached hydrogens (tertiary/aromatic N) is 1. The van der Waals surface area contributed by atoms with Crippen LogP contribution in [0.5, 0.6) is 11.8 Å². The zero-order valence-electron chi connectivity index (χ0n) is 6.63. The van der Waals surface area contributed by atoms with Crippen molar-refractivity contribution >= 4 is 6.08 Å². The van der Waals surface area contributed by atoms with Gasteiger partial charge in [0.05, 0.1) is 0 Å². The zero-order valence-corrected chi connectivity index (χ0v) is 6.63. The van der Waals surface area contributed by atoms with Crippen molar-refractivity contribution in [2.45, 2.75) is 6.92 Å². The molecule has 3 heteroatoms. The first-order chi connectivity index (χ1) is 5.09. The first kappa shape index (κ1) is 7.72. The fraction of sp³-hybridized carbons (Fsp3) is 0.250. The van der Waals surface area contributed by atoms with E-state index in [-0.39, 0.29) is 11.8 Å². The van der Waals surface area contributed by atoms with Crippen LogP contribution in [0, 0.1) is 6.92 Å². The Balaban J connectivity index is 3.47. The van der Waals surface area contributed by atoms with Gasteiger partial charge in [0, 0.05) is 18.2 Å². The second-order valence-electron chi connectivity index (χ2n) is 2.45. The van der Waals surface area contributed by atoms with E-state index in [0.29, 0.717) is 11.1 Å². The van der Waals surface area contributed by atoms with Crippen LogP contribution in [0.1, 0.15) is 11.1 Å². The van der Waals surface area contributed by atoms with Crippen LogP contribution >= 0.6 is 0 Å². The minimum absolute atomic E-state index is 0.0509. The lowest BCUT2D eigenvalue weighted by Gasteiger charge is -1.95. The van der Waals surface area contributed by atoms with Crippen molar-refractivity contribution in [1.29, 1.82) is 0 Å². The highest BCUT2D eigenvalue weighted by Crippen LogP contribution is 2.31. The molecule has 0 radical (unpaired) electrons. The molecular weight excluding hydrogens is 142 g/mol. The van der Waals surface area contributed by atoms with Crippen molar-refractivity contribution in [2.24, 2.45) is 7.05 Å². The van der Waals surface area contributed by atoms with E-state index in [9.17, 15) is 10.2 Å². The summed E-state index contributed by atoms with van der Waals surface area (Å²) in [6.45, 7) is 5.25. The summed E-state index contributed by atoms with van der Waals surface area (Å²) in [7, 11) is 1.59. The second-order valence-corrected chi connectivity index (χ2v) is 2.45. The van der Waals surface area contributed by atoms with E-state index in [0.717, 1.165) is 0 Å². The van der Waals surface area contributed by atoms with Gasteiger partial charge in [0.1, 0.15) is 0 Å². The van der Waals surface area contributed by atoms with Gasteiger partial charge < -0.3 is 10.2 Å². The highest BCUT2D eigenvalue weighted by Gasteiger charge is 2.13. The normalized spacial score (nSPS) is 10.0. The van der Waals surface area contributed by atoms with Crippen LogP contribution in [-0.2, 0) is 7.05 Å². The van der Waals surface area contributed by atoms with E-state index in [1.54, 1.807) is 14.0 Å². The van der Waals surface area contributed by atoms with Gasteiger partial charge in [-0.25, -0.2) is 0 Å². The van der Waals surface area contributed by atoms with Crippen molar-refractivity contribution in [3.8, 4) is 11.8 Å². The van der Waals surface area contributed by atoms with Crippen molar-refractivity contribution in [3.05, 3.63) is 17.7 Å². The van der Waals surface area contributed by atoms with Gasteiger partial charge in [0.2, 0.25) is 5.88 Å². The predicted octanol–water partition coefficient (Wildman–Crippen LogP) is 1.39. The molecule has 1 rings (SSSR count). The molecule has 0 saturated carbocycles. The number of aromatic nitrogens is 1. The Morgan fingerprint density at radius 3 is 2.09 bits per heavy atom. The lowest BCUT2D eigenvalue weighted by atomic mass is 10.2. The summed E-state index contributed by atoms with van der Waals surface area (Å²) in [5.74, 6) is 0.132. The number of hydrogen-bond donors (Lipinski definition) is 2. The highest BCUT2D eigenvalue weighted by molar-refractivity contribution is 5.61. The monoisotopic (exact) mass is 153 g/mol. The molecule has 0 bridgehead atoms. The summed E-state index contributed by atoms with van der Waals surface area (Å²) >= 11 is 0. The van der Waals surface area contributed by atoms with Crippen LogP contribution < -0.4 is 0 Å². The Hall–Kier alpha value is -1.38. The third-order valence-electron chi connectivity index (χ3n) is 1.82. The van der Waals surface area contributed by atoms with Gasteiger partial charge in [-0.05, 0) is 6.92 Å². The topological polar surface area (TPSA) is 45.4 Å². The lowest BCUT2D eigenvalue weighted by molar-refractivity contribution is 0.385. The van der Waals surface area contributed by atoms with Crippen molar-refractivity contribution in [2.75, 3.05) is 0 Å². The maximum absolute atomic E-state index is 9.33. The molecule has 0 unspecified atom stereocenters. The molecule has 1 aromatic rings. The van der Waals surface area contributed by atoms with Gasteiger partial charge in [-0.1, -0.05) is 12.7 Å².